The van der Waals surface area contributed by atoms with Crippen LogP contribution in [0.3, 0.4) is 0 Å². The van der Waals surface area contributed by atoms with Gasteiger partial charge in [0.05, 0.1) is 5.02 Å². The first-order valence-corrected chi connectivity index (χ1v) is 7.58. The number of amides is 1. The van der Waals surface area contributed by atoms with Crippen molar-refractivity contribution in [1.82, 2.24) is 9.88 Å². The number of pyridine rings is 1. The number of carbonyl (C=O) groups excluding carboxylic acids is 1. The molecular weight excluding hydrogens is 311 g/mol. The first-order chi connectivity index (χ1) is 10.2. The van der Waals surface area contributed by atoms with Crippen molar-refractivity contribution in [3.05, 3.63) is 23.1 Å². The molecule has 0 atom stereocenters. The maximum absolute atomic E-state index is 13.6. The number of piperidine rings is 1. The van der Waals surface area contributed by atoms with E-state index in [9.17, 15) is 9.18 Å². The number of halogens is 2. The summed E-state index contributed by atoms with van der Waals surface area (Å²) in [6, 6.07) is 1.17. The summed E-state index contributed by atoms with van der Waals surface area (Å²) in [6.07, 6.45) is 2.03. The van der Waals surface area contributed by atoms with Gasteiger partial charge in [-0.05, 0) is 26.8 Å². The second kappa shape index (κ2) is 6.69. The van der Waals surface area contributed by atoms with E-state index in [0.717, 1.165) is 0 Å². The van der Waals surface area contributed by atoms with Crippen LogP contribution in [0.25, 0.3) is 0 Å². The third kappa shape index (κ3) is 4.73. The summed E-state index contributed by atoms with van der Waals surface area (Å²) < 4.78 is 24.5. The van der Waals surface area contributed by atoms with Gasteiger partial charge in [0.2, 0.25) is 0 Å². The molecule has 0 radical (unpaired) electrons. The highest BCUT2D eigenvalue weighted by Crippen LogP contribution is 2.23. The Morgan fingerprint density at radius 2 is 2.05 bits per heavy atom. The summed E-state index contributed by atoms with van der Waals surface area (Å²) in [7, 11) is 0. The Hall–Kier alpha value is -1.56. The quantitative estimate of drug-likeness (QED) is 0.830. The fourth-order valence-electron chi connectivity index (χ4n) is 2.13. The molecule has 1 fully saturated rings. The molecule has 1 aliphatic rings. The zero-order valence-corrected chi connectivity index (χ0v) is 13.7. The second-order valence-electron chi connectivity index (χ2n) is 6.23. The van der Waals surface area contributed by atoms with Crippen LogP contribution in [0, 0.1) is 5.82 Å². The topological polar surface area (TPSA) is 51.7 Å². The molecule has 1 aliphatic heterocycles. The molecule has 5 nitrogen and oxygen atoms in total. The Morgan fingerprint density at radius 3 is 2.59 bits per heavy atom. The van der Waals surface area contributed by atoms with Gasteiger partial charge in [-0.15, -0.1) is 0 Å². The molecule has 1 aromatic heterocycles. The number of hydrogen-bond acceptors (Lipinski definition) is 4. The Labute approximate surface area is 134 Å². The lowest BCUT2D eigenvalue weighted by atomic mass is 10.1. The van der Waals surface area contributed by atoms with Gasteiger partial charge in [-0.25, -0.2) is 14.2 Å². The van der Waals surface area contributed by atoms with Gasteiger partial charge < -0.3 is 14.4 Å². The molecule has 1 aromatic rings. The van der Waals surface area contributed by atoms with Crippen molar-refractivity contribution in [2.24, 2.45) is 0 Å². The number of ether oxygens (including phenoxy) is 2. The molecular formula is C15H20ClFN2O3. The monoisotopic (exact) mass is 330 g/mol. The van der Waals surface area contributed by atoms with Crippen LogP contribution < -0.4 is 4.74 Å². The Kier molecular flexibility index (Phi) is 5.11. The predicted octanol–water partition coefficient (Wildman–Crippen LogP) is 3.65. The average molecular weight is 331 g/mol. The zero-order valence-electron chi connectivity index (χ0n) is 12.9. The zero-order chi connectivity index (χ0) is 16.3. The lowest BCUT2D eigenvalue weighted by Crippen LogP contribution is -2.44. The van der Waals surface area contributed by atoms with Crippen molar-refractivity contribution in [2.75, 3.05) is 13.1 Å². The molecule has 7 heteroatoms. The summed E-state index contributed by atoms with van der Waals surface area (Å²) in [5.74, 6) is -0.637. The second-order valence-corrected chi connectivity index (χ2v) is 6.66. The van der Waals surface area contributed by atoms with Crippen molar-refractivity contribution in [3.8, 4) is 5.88 Å². The van der Waals surface area contributed by atoms with Gasteiger partial charge in [0, 0.05) is 32.1 Å². The summed E-state index contributed by atoms with van der Waals surface area (Å²) in [6.45, 7) is 6.50. The largest absolute Gasteiger partial charge is 0.472 e. The van der Waals surface area contributed by atoms with E-state index >= 15 is 0 Å². The summed E-state index contributed by atoms with van der Waals surface area (Å²) in [4.78, 5) is 17.4. The summed E-state index contributed by atoms with van der Waals surface area (Å²) in [5.41, 5.74) is -0.513. The van der Waals surface area contributed by atoms with Crippen molar-refractivity contribution >= 4 is 17.7 Å². The van der Waals surface area contributed by atoms with Gasteiger partial charge in [0.1, 0.15) is 11.7 Å². The van der Waals surface area contributed by atoms with Crippen LogP contribution in [-0.2, 0) is 4.74 Å². The van der Waals surface area contributed by atoms with Crippen LogP contribution in [0.1, 0.15) is 33.6 Å². The molecule has 22 heavy (non-hydrogen) atoms. The maximum atomic E-state index is 13.6. The van der Waals surface area contributed by atoms with Crippen LogP contribution in [0.15, 0.2) is 12.3 Å². The van der Waals surface area contributed by atoms with Crippen molar-refractivity contribution in [1.29, 1.82) is 0 Å². The van der Waals surface area contributed by atoms with E-state index in [2.05, 4.69) is 4.98 Å². The summed E-state index contributed by atoms with van der Waals surface area (Å²) in [5, 5.41) is 0.226. The highest BCUT2D eigenvalue weighted by Gasteiger charge is 2.28. The minimum Gasteiger partial charge on any atom is -0.472 e. The highest BCUT2D eigenvalue weighted by molar-refractivity contribution is 6.30. The van der Waals surface area contributed by atoms with Crippen molar-refractivity contribution in [2.45, 2.75) is 45.3 Å². The molecule has 2 rings (SSSR count). The van der Waals surface area contributed by atoms with E-state index in [1.807, 2.05) is 20.8 Å². The number of rotatable bonds is 2. The van der Waals surface area contributed by atoms with E-state index in [0.29, 0.717) is 25.9 Å². The SMILES string of the molecule is CC(C)(C)OC(=O)N1CCC(Oc2ncc(Cl)cc2F)CC1. The first kappa shape index (κ1) is 16.8. The average Bonchev–Trinajstić information content (AvgIpc) is 2.41. The van der Waals surface area contributed by atoms with Gasteiger partial charge in [0.15, 0.2) is 5.82 Å². The van der Waals surface area contributed by atoms with Gasteiger partial charge in [-0.3, -0.25) is 0 Å². The lowest BCUT2D eigenvalue weighted by Gasteiger charge is -2.33. The first-order valence-electron chi connectivity index (χ1n) is 7.20. The van der Waals surface area contributed by atoms with Gasteiger partial charge in [0.25, 0.3) is 5.88 Å². The van der Waals surface area contributed by atoms with Crippen LogP contribution in [-0.4, -0.2) is 40.8 Å². The smallest absolute Gasteiger partial charge is 0.410 e. The minimum absolute atomic E-state index is 0.0554. The summed E-state index contributed by atoms with van der Waals surface area (Å²) >= 11 is 5.65. The molecule has 1 saturated heterocycles. The van der Waals surface area contributed by atoms with Gasteiger partial charge in [-0.2, -0.15) is 0 Å². The third-order valence-corrected chi connectivity index (χ3v) is 3.35. The molecule has 0 unspecified atom stereocenters. The molecule has 0 saturated carbocycles. The molecule has 0 bridgehead atoms. The lowest BCUT2D eigenvalue weighted by molar-refractivity contribution is 0.0119. The van der Waals surface area contributed by atoms with Crippen LogP contribution in [0.5, 0.6) is 5.88 Å². The van der Waals surface area contributed by atoms with Crippen molar-refractivity contribution < 1.29 is 18.7 Å². The molecule has 0 N–H and O–H groups in total. The van der Waals surface area contributed by atoms with Crippen LogP contribution in [0.4, 0.5) is 9.18 Å². The van der Waals surface area contributed by atoms with Crippen LogP contribution in [0.2, 0.25) is 5.02 Å². The van der Waals surface area contributed by atoms with Gasteiger partial charge >= 0.3 is 6.09 Å². The fourth-order valence-corrected chi connectivity index (χ4v) is 2.27. The number of aromatic nitrogens is 1. The predicted molar refractivity (Wildman–Crippen MR) is 80.7 cm³/mol. The molecule has 122 valence electrons. The molecule has 0 aliphatic carbocycles. The Balaban J connectivity index is 1.86. The number of likely N-dealkylation sites (tertiary alicyclic amines) is 1. The Morgan fingerprint density at radius 1 is 1.41 bits per heavy atom. The standard InChI is InChI=1S/C15H20ClFN2O3/c1-15(2,3)22-14(20)19-6-4-11(5-7-19)21-13-12(17)8-10(16)9-18-13/h8-9,11H,4-7H2,1-3H3. The molecule has 0 aromatic carbocycles. The van der Waals surface area contributed by atoms with E-state index in [1.165, 1.54) is 12.3 Å². The highest BCUT2D eigenvalue weighted by atomic mass is 35.5. The normalized spacial score (nSPS) is 16.5. The van der Waals surface area contributed by atoms with Crippen LogP contribution >= 0.6 is 11.6 Å². The van der Waals surface area contributed by atoms with E-state index < -0.39 is 11.4 Å². The van der Waals surface area contributed by atoms with E-state index in [4.69, 9.17) is 21.1 Å². The number of carbonyl (C=O) groups is 1. The molecule has 2 heterocycles. The molecule has 0 spiro atoms. The number of hydrogen-bond donors (Lipinski definition) is 0. The third-order valence-electron chi connectivity index (χ3n) is 3.15. The van der Waals surface area contributed by atoms with Crippen molar-refractivity contribution in [3.63, 3.8) is 0 Å². The Bertz CT molecular complexity index is 540. The number of nitrogens with zero attached hydrogens (tertiary/aromatic N) is 2. The maximum Gasteiger partial charge on any atom is 0.410 e. The molecule has 1 amide bonds. The van der Waals surface area contributed by atoms with E-state index in [-0.39, 0.29) is 23.1 Å². The fraction of sp³-hybridized carbons (Fsp3) is 0.600. The van der Waals surface area contributed by atoms with Gasteiger partial charge in [-0.1, -0.05) is 11.6 Å². The van der Waals surface area contributed by atoms with E-state index in [1.54, 1.807) is 4.90 Å². The minimum atomic E-state index is -0.581.